The second kappa shape index (κ2) is 5.98. The summed E-state index contributed by atoms with van der Waals surface area (Å²) in [4.78, 5) is 0. The van der Waals surface area contributed by atoms with Gasteiger partial charge in [-0.3, -0.25) is 0 Å². The van der Waals surface area contributed by atoms with E-state index in [2.05, 4.69) is 12.3 Å². The molecule has 0 aromatic carbocycles. The lowest BCUT2D eigenvalue weighted by Gasteiger charge is -2.30. The Balaban J connectivity index is 4.44. The van der Waals surface area contributed by atoms with Crippen molar-refractivity contribution in [1.82, 2.24) is 0 Å². The number of aliphatic hydroxyl groups is 2. The third-order valence-electron chi connectivity index (χ3n) is 2.19. The zero-order valence-electron chi connectivity index (χ0n) is 8.58. The molecule has 0 aliphatic heterocycles. The van der Waals surface area contributed by atoms with Crippen LogP contribution in [-0.4, -0.2) is 21.9 Å². The van der Waals surface area contributed by atoms with Crippen LogP contribution < -0.4 is 0 Å². The van der Waals surface area contributed by atoms with Crippen molar-refractivity contribution in [3.05, 3.63) is 18.4 Å². The van der Waals surface area contributed by atoms with Crippen molar-refractivity contribution in [3.63, 3.8) is 0 Å². The predicted octanol–water partition coefficient (Wildman–Crippen LogP) is 2.02. The Bertz CT molecular complexity index is 175. The van der Waals surface area contributed by atoms with E-state index in [1.165, 1.54) is 6.08 Å². The molecule has 2 N–H and O–H groups in total. The van der Waals surface area contributed by atoms with Crippen molar-refractivity contribution in [3.8, 4) is 0 Å². The Hall–Kier alpha value is -0.560. The smallest absolute Gasteiger partial charge is 0.108 e. The van der Waals surface area contributed by atoms with Gasteiger partial charge in [-0.25, -0.2) is 0 Å². The quantitative estimate of drug-likeness (QED) is 0.620. The van der Waals surface area contributed by atoms with Crippen LogP contribution in [0, 0.1) is 0 Å². The first-order chi connectivity index (χ1) is 6.10. The van der Waals surface area contributed by atoms with Gasteiger partial charge in [-0.1, -0.05) is 33.3 Å². The molecule has 1 unspecified atom stereocenters. The van der Waals surface area contributed by atoms with Gasteiger partial charge in [0.15, 0.2) is 0 Å². The number of hydrogen-bond donors (Lipinski definition) is 2. The highest BCUT2D eigenvalue weighted by atomic mass is 16.3. The summed E-state index contributed by atoms with van der Waals surface area (Å²) < 4.78 is 0. The molecular formula is C11H20O2. The largest absolute Gasteiger partial charge is 0.387 e. The summed E-state index contributed by atoms with van der Waals surface area (Å²) >= 11 is 0. The summed E-state index contributed by atoms with van der Waals surface area (Å²) in [5, 5.41) is 19.7. The van der Waals surface area contributed by atoms with E-state index < -0.39 is 11.7 Å². The molecule has 0 aromatic heterocycles. The first kappa shape index (κ1) is 12.4. The third-order valence-corrected chi connectivity index (χ3v) is 2.19. The lowest BCUT2D eigenvalue weighted by Crippen LogP contribution is -2.40. The Morgan fingerprint density at radius 3 is 2.15 bits per heavy atom. The van der Waals surface area contributed by atoms with Crippen LogP contribution in [-0.2, 0) is 0 Å². The number of rotatable bonds is 6. The van der Waals surface area contributed by atoms with Gasteiger partial charge in [0.25, 0.3) is 0 Å². The summed E-state index contributed by atoms with van der Waals surface area (Å²) in [5.41, 5.74) is 1.51. The second-order valence-corrected chi connectivity index (χ2v) is 3.42. The van der Waals surface area contributed by atoms with E-state index in [0.29, 0.717) is 12.8 Å². The van der Waals surface area contributed by atoms with Crippen molar-refractivity contribution in [2.24, 2.45) is 0 Å². The van der Waals surface area contributed by atoms with Crippen LogP contribution in [0.5, 0.6) is 0 Å². The van der Waals surface area contributed by atoms with E-state index >= 15 is 0 Å². The van der Waals surface area contributed by atoms with Gasteiger partial charge in [0.05, 0.1) is 5.60 Å². The molecule has 0 heterocycles. The summed E-state index contributed by atoms with van der Waals surface area (Å²) in [6, 6.07) is 0. The highest BCUT2D eigenvalue weighted by Crippen LogP contribution is 2.24. The minimum Gasteiger partial charge on any atom is -0.387 e. The molecular weight excluding hydrogens is 164 g/mol. The van der Waals surface area contributed by atoms with Crippen molar-refractivity contribution in [2.75, 3.05) is 0 Å². The van der Waals surface area contributed by atoms with Crippen LogP contribution in [0.15, 0.2) is 18.4 Å². The first-order valence-corrected chi connectivity index (χ1v) is 4.87. The lowest BCUT2D eigenvalue weighted by molar-refractivity contribution is -0.0646. The predicted molar refractivity (Wildman–Crippen MR) is 54.5 cm³/mol. The van der Waals surface area contributed by atoms with Gasteiger partial charge in [-0.05, 0) is 18.9 Å². The van der Waals surface area contributed by atoms with Crippen LogP contribution in [0.2, 0.25) is 0 Å². The fourth-order valence-electron chi connectivity index (χ4n) is 1.55. The van der Waals surface area contributed by atoms with E-state index in [1.807, 2.05) is 13.8 Å². The SMILES string of the molecule is C=C=CC(O)C(O)(CCC)CCC. The number of aliphatic hydroxyl groups excluding tert-OH is 1. The molecule has 13 heavy (non-hydrogen) atoms. The molecule has 0 fully saturated rings. The fraction of sp³-hybridized carbons (Fsp3) is 0.727. The molecule has 0 radical (unpaired) electrons. The summed E-state index contributed by atoms with van der Waals surface area (Å²) in [5.74, 6) is 0. The van der Waals surface area contributed by atoms with Gasteiger partial charge in [0.2, 0.25) is 0 Å². The van der Waals surface area contributed by atoms with Gasteiger partial charge >= 0.3 is 0 Å². The Labute approximate surface area is 80.6 Å². The highest BCUT2D eigenvalue weighted by Gasteiger charge is 2.31. The maximum absolute atomic E-state index is 10.1. The fourth-order valence-corrected chi connectivity index (χ4v) is 1.55. The summed E-state index contributed by atoms with van der Waals surface area (Å²) in [6.07, 6.45) is 3.52. The molecule has 0 aromatic rings. The molecule has 0 saturated heterocycles. The van der Waals surface area contributed by atoms with E-state index in [9.17, 15) is 10.2 Å². The third kappa shape index (κ3) is 3.77. The van der Waals surface area contributed by atoms with Gasteiger partial charge in [-0.2, -0.15) is 0 Å². The Morgan fingerprint density at radius 2 is 1.85 bits per heavy atom. The topological polar surface area (TPSA) is 40.5 Å². The Kier molecular flexibility index (Phi) is 5.72. The monoisotopic (exact) mass is 184 g/mol. The van der Waals surface area contributed by atoms with Gasteiger partial charge in [-0.15, -0.1) is 5.73 Å². The zero-order valence-corrected chi connectivity index (χ0v) is 8.58. The van der Waals surface area contributed by atoms with Crippen molar-refractivity contribution < 1.29 is 10.2 Å². The molecule has 0 spiro atoms. The average Bonchev–Trinajstić information content (AvgIpc) is 2.05. The van der Waals surface area contributed by atoms with Crippen molar-refractivity contribution in [1.29, 1.82) is 0 Å². The minimum atomic E-state index is -0.992. The molecule has 76 valence electrons. The molecule has 0 aliphatic rings. The highest BCUT2D eigenvalue weighted by molar-refractivity contribution is 4.98. The van der Waals surface area contributed by atoms with Crippen LogP contribution in [0.3, 0.4) is 0 Å². The van der Waals surface area contributed by atoms with Gasteiger partial charge < -0.3 is 10.2 Å². The van der Waals surface area contributed by atoms with E-state index in [1.54, 1.807) is 0 Å². The van der Waals surface area contributed by atoms with E-state index in [0.717, 1.165) is 12.8 Å². The van der Waals surface area contributed by atoms with Gasteiger partial charge in [0.1, 0.15) is 6.10 Å². The van der Waals surface area contributed by atoms with E-state index in [-0.39, 0.29) is 0 Å². The van der Waals surface area contributed by atoms with Crippen molar-refractivity contribution >= 4 is 0 Å². The molecule has 1 atom stereocenters. The van der Waals surface area contributed by atoms with Crippen molar-refractivity contribution in [2.45, 2.75) is 51.2 Å². The molecule has 2 nitrogen and oxygen atoms in total. The van der Waals surface area contributed by atoms with Gasteiger partial charge in [0, 0.05) is 0 Å². The Morgan fingerprint density at radius 1 is 1.38 bits per heavy atom. The molecule has 0 saturated carbocycles. The van der Waals surface area contributed by atoms with Crippen LogP contribution in [0.1, 0.15) is 39.5 Å². The maximum atomic E-state index is 10.1. The maximum Gasteiger partial charge on any atom is 0.108 e. The van der Waals surface area contributed by atoms with Crippen LogP contribution >= 0.6 is 0 Å². The standard InChI is InChI=1S/C11H20O2/c1-4-7-10(12)11(13,8-5-2)9-6-3/h7,10,12-13H,1,5-6,8-9H2,2-3H3. The van der Waals surface area contributed by atoms with E-state index in [4.69, 9.17) is 0 Å². The summed E-state index contributed by atoms with van der Waals surface area (Å²) in [6.45, 7) is 7.36. The molecule has 0 rings (SSSR count). The molecule has 0 bridgehead atoms. The zero-order chi connectivity index (χ0) is 10.3. The van der Waals surface area contributed by atoms with Crippen LogP contribution in [0.25, 0.3) is 0 Å². The molecule has 0 aliphatic carbocycles. The normalized spacial score (nSPS) is 13.5. The average molecular weight is 184 g/mol. The molecule has 2 heteroatoms. The summed E-state index contributed by atoms with van der Waals surface area (Å²) in [7, 11) is 0. The second-order valence-electron chi connectivity index (χ2n) is 3.42. The number of hydrogen-bond acceptors (Lipinski definition) is 2. The van der Waals surface area contributed by atoms with Crippen LogP contribution in [0.4, 0.5) is 0 Å². The minimum absolute atomic E-state index is 0.611. The lowest BCUT2D eigenvalue weighted by atomic mass is 9.87. The molecule has 0 amide bonds. The first-order valence-electron chi connectivity index (χ1n) is 4.87.